The predicted octanol–water partition coefficient (Wildman–Crippen LogP) is 2.42. The van der Waals surface area contributed by atoms with E-state index in [4.69, 9.17) is 9.47 Å². The Morgan fingerprint density at radius 3 is 2.79 bits per heavy atom. The number of phenolic OH excluding ortho intramolecular Hbond substituents is 1. The van der Waals surface area contributed by atoms with Crippen LogP contribution in [0.5, 0.6) is 17.4 Å². The Hall–Kier alpha value is -2.43. The molecule has 100 valence electrons. The number of hydrogen-bond donors (Lipinski definition) is 2. The lowest BCUT2D eigenvalue weighted by atomic mass is 10.2. The number of nitrogens with one attached hydrogen (secondary N) is 1. The number of phenols is 1. The van der Waals surface area contributed by atoms with E-state index in [9.17, 15) is 5.11 Å². The lowest BCUT2D eigenvalue weighted by molar-refractivity contribution is 0.373. The van der Waals surface area contributed by atoms with Crippen LogP contribution in [-0.2, 0) is 6.54 Å². The number of methoxy groups -OCH3 is 2. The molecule has 0 amide bonds. The topological polar surface area (TPSA) is 63.6 Å². The molecule has 19 heavy (non-hydrogen) atoms. The average Bonchev–Trinajstić information content (AvgIpc) is 2.46. The van der Waals surface area contributed by atoms with Gasteiger partial charge in [-0.2, -0.15) is 0 Å². The van der Waals surface area contributed by atoms with Crippen molar-refractivity contribution in [2.45, 2.75) is 6.54 Å². The van der Waals surface area contributed by atoms with Gasteiger partial charge in [-0.15, -0.1) is 0 Å². The Balaban J connectivity index is 2.10. The van der Waals surface area contributed by atoms with Crippen molar-refractivity contribution in [3.63, 3.8) is 0 Å². The molecule has 1 aromatic heterocycles. The van der Waals surface area contributed by atoms with Crippen LogP contribution in [0.3, 0.4) is 0 Å². The predicted molar refractivity (Wildman–Crippen MR) is 72.8 cm³/mol. The molecule has 2 N–H and O–H groups in total. The minimum Gasteiger partial charge on any atom is -0.504 e. The third-order valence-corrected chi connectivity index (χ3v) is 2.69. The molecule has 0 radical (unpaired) electrons. The third kappa shape index (κ3) is 3.07. The molecule has 0 atom stereocenters. The van der Waals surface area contributed by atoms with E-state index >= 15 is 0 Å². The monoisotopic (exact) mass is 260 g/mol. The average molecular weight is 260 g/mol. The summed E-state index contributed by atoms with van der Waals surface area (Å²) >= 11 is 0. The molecule has 5 nitrogen and oxygen atoms in total. The summed E-state index contributed by atoms with van der Waals surface area (Å²) in [5.41, 5.74) is 1.80. The first-order valence-electron chi connectivity index (χ1n) is 5.83. The molecule has 0 saturated carbocycles. The molecule has 0 aliphatic heterocycles. The maximum absolute atomic E-state index is 9.53. The molecule has 1 aromatic carbocycles. The van der Waals surface area contributed by atoms with Crippen molar-refractivity contribution in [3.05, 3.63) is 42.1 Å². The van der Waals surface area contributed by atoms with Gasteiger partial charge >= 0.3 is 0 Å². The van der Waals surface area contributed by atoms with Gasteiger partial charge in [0.1, 0.15) is 0 Å². The summed E-state index contributed by atoms with van der Waals surface area (Å²) in [4.78, 5) is 4.11. The number of anilines is 1. The second kappa shape index (κ2) is 5.95. The number of benzene rings is 1. The summed E-state index contributed by atoms with van der Waals surface area (Å²) in [6.07, 6.45) is 1.67. The molecule has 1 heterocycles. The Morgan fingerprint density at radius 1 is 1.21 bits per heavy atom. The maximum Gasteiger partial charge on any atom is 0.237 e. The molecule has 0 bridgehead atoms. The fourth-order valence-electron chi connectivity index (χ4n) is 1.72. The highest BCUT2D eigenvalue weighted by Gasteiger charge is 2.05. The fraction of sp³-hybridized carbons (Fsp3) is 0.214. The van der Waals surface area contributed by atoms with E-state index in [0.29, 0.717) is 18.2 Å². The van der Waals surface area contributed by atoms with Gasteiger partial charge in [0.25, 0.3) is 0 Å². The van der Waals surface area contributed by atoms with E-state index in [1.54, 1.807) is 25.4 Å². The van der Waals surface area contributed by atoms with Crippen LogP contribution in [0.2, 0.25) is 0 Å². The molecule has 0 unspecified atom stereocenters. The molecule has 2 aromatic rings. The fourth-order valence-corrected chi connectivity index (χ4v) is 1.72. The molecule has 0 saturated heterocycles. The lowest BCUT2D eigenvalue weighted by Gasteiger charge is -2.11. The Kier molecular flexibility index (Phi) is 4.07. The van der Waals surface area contributed by atoms with Gasteiger partial charge in [0.2, 0.25) is 5.88 Å². The van der Waals surface area contributed by atoms with Crippen LogP contribution in [0.4, 0.5) is 5.69 Å². The second-order valence-electron chi connectivity index (χ2n) is 3.92. The number of aromatic hydroxyl groups is 1. The minimum absolute atomic E-state index is 0.130. The Labute approximate surface area is 111 Å². The highest BCUT2D eigenvalue weighted by molar-refractivity contribution is 5.52. The highest BCUT2D eigenvalue weighted by atomic mass is 16.5. The van der Waals surface area contributed by atoms with Crippen molar-refractivity contribution in [2.75, 3.05) is 19.5 Å². The van der Waals surface area contributed by atoms with Crippen molar-refractivity contribution in [1.29, 1.82) is 0 Å². The van der Waals surface area contributed by atoms with Gasteiger partial charge in [-0.3, -0.25) is 0 Å². The van der Waals surface area contributed by atoms with Crippen LogP contribution >= 0.6 is 0 Å². The van der Waals surface area contributed by atoms with Crippen molar-refractivity contribution in [1.82, 2.24) is 4.98 Å². The summed E-state index contributed by atoms with van der Waals surface area (Å²) in [7, 11) is 3.10. The van der Waals surface area contributed by atoms with E-state index in [-0.39, 0.29) is 5.75 Å². The summed E-state index contributed by atoms with van der Waals surface area (Å²) in [6, 6.07) is 8.95. The number of nitrogens with zero attached hydrogens (tertiary/aromatic N) is 1. The van der Waals surface area contributed by atoms with Gasteiger partial charge in [-0.05, 0) is 29.8 Å². The highest BCUT2D eigenvalue weighted by Crippen LogP contribution is 2.27. The molecule has 0 fully saturated rings. The van der Waals surface area contributed by atoms with Crippen LogP contribution in [-0.4, -0.2) is 24.3 Å². The van der Waals surface area contributed by atoms with Gasteiger partial charge in [-0.25, -0.2) is 4.98 Å². The van der Waals surface area contributed by atoms with Crippen LogP contribution in [0.25, 0.3) is 0 Å². The van der Waals surface area contributed by atoms with Gasteiger partial charge in [0, 0.05) is 12.7 Å². The normalized spacial score (nSPS) is 10.0. The van der Waals surface area contributed by atoms with E-state index < -0.39 is 0 Å². The van der Waals surface area contributed by atoms with Gasteiger partial charge in [0.05, 0.1) is 19.9 Å². The Bertz CT molecular complexity index is 558. The SMILES string of the molecule is COc1cc(CNc2cccnc2OC)ccc1O. The molecule has 0 aliphatic carbocycles. The zero-order valence-corrected chi connectivity index (χ0v) is 10.9. The van der Waals surface area contributed by atoms with Crippen molar-refractivity contribution in [2.24, 2.45) is 0 Å². The number of pyridine rings is 1. The molecule has 2 rings (SSSR count). The first-order chi connectivity index (χ1) is 9.24. The lowest BCUT2D eigenvalue weighted by Crippen LogP contribution is -2.02. The summed E-state index contributed by atoms with van der Waals surface area (Å²) in [6.45, 7) is 0.582. The van der Waals surface area contributed by atoms with Crippen molar-refractivity contribution >= 4 is 5.69 Å². The van der Waals surface area contributed by atoms with Gasteiger partial charge < -0.3 is 19.9 Å². The van der Waals surface area contributed by atoms with Gasteiger partial charge in [0.15, 0.2) is 11.5 Å². The summed E-state index contributed by atoms with van der Waals surface area (Å²) in [5, 5.41) is 12.8. The standard InChI is InChI=1S/C14H16N2O3/c1-18-13-8-10(5-6-12(13)17)9-16-11-4-3-7-15-14(11)19-2/h3-8,16-17H,9H2,1-2H3. The van der Waals surface area contributed by atoms with E-state index in [2.05, 4.69) is 10.3 Å². The number of ether oxygens (including phenoxy) is 2. The van der Waals surface area contributed by atoms with Crippen LogP contribution in [0, 0.1) is 0 Å². The Morgan fingerprint density at radius 2 is 2.05 bits per heavy atom. The number of hydrogen-bond acceptors (Lipinski definition) is 5. The zero-order valence-electron chi connectivity index (χ0n) is 10.9. The third-order valence-electron chi connectivity index (χ3n) is 2.69. The van der Waals surface area contributed by atoms with Crippen LogP contribution in [0.1, 0.15) is 5.56 Å². The maximum atomic E-state index is 9.53. The molecular formula is C14H16N2O3. The molecule has 5 heteroatoms. The van der Waals surface area contributed by atoms with E-state index in [1.165, 1.54) is 7.11 Å². The van der Waals surface area contributed by atoms with Crippen LogP contribution < -0.4 is 14.8 Å². The minimum atomic E-state index is 0.130. The largest absolute Gasteiger partial charge is 0.504 e. The second-order valence-corrected chi connectivity index (χ2v) is 3.92. The number of aromatic nitrogens is 1. The summed E-state index contributed by atoms with van der Waals surface area (Å²) < 4.78 is 10.2. The molecule has 0 spiro atoms. The van der Waals surface area contributed by atoms with Crippen molar-refractivity contribution in [3.8, 4) is 17.4 Å². The quantitative estimate of drug-likeness (QED) is 0.864. The van der Waals surface area contributed by atoms with Crippen molar-refractivity contribution < 1.29 is 14.6 Å². The van der Waals surface area contributed by atoms with Crippen LogP contribution in [0.15, 0.2) is 36.5 Å². The zero-order chi connectivity index (χ0) is 13.7. The summed E-state index contributed by atoms with van der Waals surface area (Å²) in [5.74, 6) is 1.14. The van der Waals surface area contributed by atoms with E-state index in [0.717, 1.165) is 11.3 Å². The first kappa shape index (κ1) is 13.0. The molecular weight excluding hydrogens is 244 g/mol. The van der Waals surface area contributed by atoms with Gasteiger partial charge in [-0.1, -0.05) is 6.07 Å². The first-order valence-corrected chi connectivity index (χ1v) is 5.83. The molecule has 0 aliphatic rings. The van der Waals surface area contributed by atoms with E-state index in [1.807, 2.05) is 18.2 Å². The smallest absolute Gasteiger partial charge is 0.237 e. The number of rotatable bonds is 5.